The minimum Gasteiger partial charge on any atom is -0.504 e. The Kier molecular flexibility index (Phi) is 6.87. The van der Waals surface area contributed by atoms with Crippen molar-refractivity contribution < 1.29 is 33.3 Å². The van der Waals surface area contributed by atoms with Crippen LogP contribution in [-0.4, -0.2) is 35.8 Å². The number of nitrogens with zero attached hydrogens (tertiary/aromatic N) is 3. The van der Waals surface area contributed by atoms with Crippen LogP contribution in [0.4, 0.5) is 18.9 Å². The Morgan fingerprint density at radius 2 is 1.66 bits per heavy atom. The van der Waals surface area contributed by atoms with E-state index in [1.54, 1.807) is 6.92 Å². The summed E-state index contributed by atoms with van der Waals surface area (Å²) in [5.41, 5.74) is -3.51. The number of pyridine rings is 1. The van der Waals surface area contributed by atoms with Crippen LogP contribution in [0, 0.1) is 13.8 Å². The standard InChI is InChI=1S/C24H17Cl2F3N4O5/c1-10-7-8-15(32-21(35)16-9-14(25)19(34)20(26)31-16)17-18(10)30-11(2)33(22(17)36)24(37,38)13-6-4-3-5-12(13)23(27,28)29/h3-9,34,37-38H,1-2H3,(H,32,35). The molecule has 2 aromatic heterocycles. The van der Waals surface area contributed by atoms with E-state index in [1.807, 2.05) is 0 Å². The summed E-state index contributed by atoms with van der Waals surface area (Å²) in [7, 11) is 0. The van der Waals surface area contributed by atoms with E-state index in [4.69, 9.17) is 23.2 Å². The Balaban J connectivity index is 1.93. The van der Waals surface area contributed by atoms with Gasteiger partial charge in [0.2, 0.25) is 0 Å². The summed E-state index contributed by atoms with van der Waals surface area (Å²) in [4.78, 5) is 34.5. The molecule has 0 atom stereocenters. The van der Waals surface area contributed by atoms with Crippen molar-refractivity contribution >= 4 is 45.7 Å². The summed E-state index contributed by atoms with van der Waals surface area (Å²) in [6.07, 6.45) is -4.97. The summed E-state index contributed by atoms with van der Waals surface area (Å²) >= 11 is 11.6. The minimum absolute atomic E-state index is 0.0520. The largest absolute Gasteiger partial charge is 0.504 e. The van der Waals surface area contributed by atoms with E-state index in [-0.39, 0.29) is 33.1 Å². The molecule has 4 aromatic rings. The van der Waals surface area contributed by atoms with Crippen LogP contribution in [0.1, 0.15) is 33.0 Å². The smallest absolute Gasteiger partial charge is 0.416 e. The van der Waals surface area contributed by atoms with Crippen molar-refractivity contribution in [3.05, 3.63) is 91.2 Å². The highest BCUT2D eigenvalue weighted by Crippen LogP contribution is 2.37. The van der Waals surface area contributed by atoms with E-state index in [2.05, 4.69) is 15.3 Å². The van der Waals surface area contributed by atoms with Crippen LogP contribution < -0.4 is 10.9 Å². The number of aliphatic hydroxyl groups is 2. The maximum Gasteiger partial charge on any atom is 0.416 e. The molecule has 4 N–H and O–H groups in total. The van der Waals surface area contributed by atoms with Gasteiger partial charge in [-0.3, -0.25) is 9.59 Å². The SMILES string of the molecule is Cc1ccc(NC(=O)c2cc(Cl)c(O)c(Cl)n2)c2c(=O)n(C(O)(O)c3ccccc3C(F)(F)F)c(C)nc12. The first-order valence-corrected chi connectivity index (χ1v) is 11.4. The predicted octanol–water partition coefficient (Wildman–Crippen LogP) is 4.34. The number of carbonyl (C=O) groups excluding carboxylic acids is 1. The van der Waals surface area contributed by atoms with Crippen LogP contribution in [0.2, 0.25) is 10.2 Å². The molecule has 4 rings (SSSR count). The molecule has 38 heavy (non-hydrogen) atoms. The number of amides is 1. The Hall–Kier alpha value is -3.71. The summed E-state index contributed by atoms with van der Waals surface area (Å²) < 4.78 is 41.2. The lowest BCUT2D eigenvalue weighted by molar-refractivity contribution is -0.203. The van der Waals surface area contributed by atoms with Gasteiger partial charge in [-0.15, -0.1) is 0 Å². The lowest BCUT2D eigenvalue weighted by Crippen LogP contribution is -2.45. The second-order valence-corrected chi connectivity index (χ2v) is 8.98. The molecule has 9 nitrogen and oxygen atoms in total. The molecule has 0 saturated carbocycles. The van der Waals surface area contributed by atoms with Gasteiger partial charge in [0.05, 0.1) is 27.2 Å². The van der Waals surface area contributed by atoms with Gasteiger partial charge in [-0.05, 0) is 37.6 Å². The molecule has 0 aliphatic rings. The monoisotopic (exact) mass is 568 g/mol. The van der Waals surface area contributed by atoms with Crippen molar-refractivity contribution in [1.82, 2.24) is 14.5 Å². The molecule has 0 saturated heterocycles. The van der Waals surface area contributed by atoms with Crippen molar-refractivity contribution in [3.63, 3.8) is 0 Å². The number of fused-ring (bicyclic) bond motifs is 1. The van der Waals surface area contributed by atoms with Gasteiger partial charge in [0.1, 0.15) is 11.5 Å². The summed E-state index contributed by atoms with van der Waals surface area (Å²) in [5.74, 6) is -5.24. The molecular formula is C24H17Cl2F3N4O5. The maximum atomic E-state index is 13.7. The Morgan fingerprint density at radius 3 is 2.26 bits per heavy atom. The zero-order valence-corrected chi connectivity index (χ0v) is 20.9. The summed E-state index contributed by atoms with van der Waals surface area (Å²) in [5, 5.41) is 33.0. The Labute approximate surface area is 221 Å². The second kappa shape index (κ2) is 9.55. The average Bonchev–Trinajstić information content (AvgIpc) is 2.83. The van der Waals surface area contributed by atoms with Crippen LogP contribution in [0.15, 0.2) is 47.3 Å². The molecule has 0 radical (unpaired) electrons. The van der Waals surface area contributed by atoms with Gasteiger partial charge in [0, 0.05) is 5.56 Å². The van der Waals surface area contributed by atoms with Crippen LogP contribution in [0.25, 0.3) is 10.9 Å². The van der Waals surface area contributed by atoms with Gasteiger partial charge >= 0.3 is 6.18 Å². The molecule has 0 unspecified atom stereocenters. The topological polar surface area (TPSA) is 138 Å². The van der Waals surface area contributed by atoms with Crippen molar-refractivity contribution in [1.29, 1.82) is 0 Å². The van der Waals surface area contributed by atoms with Gasteiger partial charge < -0.3 is 20.6 Å². The van der Waals surface area contributed by atoms with E-state index in [9.17, 15) is 38.1 Å². The van der Waals surface area contributed by atoms with E-state index in [1.165, 1.54) is 19.1 Å². The zero-order valence-electron chi connectivity index (χ0n) is 19.4. The minimum atomic E-state index is -4.97. The molecule has 2 aromatic carbocycles. The molecule has 0 bridgehead atoms. The van der Waals surface area contributed by atoms with E-state index in [0.29, 0.717) is 16.2 Å². The zero-order chi connectivity index (χ0) is 28.2. The normalized spacial score (nSPS) is 12.1. The van der Waals surface area contributed by atoms with E-state index in [0.717, 1.165) is 24.3 Å². The average molecular weight is 569 g/mol. The fourth-order valence-electron chi connectivity index (χ4n) is 3.92. The summed E-state index contributed by atoms with van der Waals surface area (Å²) in [6, 6.07) is 7.53. The number of benzene rings is 2. The number of halogens is 5. The number of rotatable bonds is 4. The molecular weight excluding hydrogens is 552 g/mol. The molecule has 2 heterocycles. The van der Waals surface area contributed by atoms with Crippen LogP contribution >= 0.6 is 23.2 Å². The first kappa shape index (κ1) is 27.3. The number of aryl methyl sites for hydroxylation is 2. The quantitative estimate of drug-likeness (QED) is 0.212. The Bertz CT molecular complexity index is 1650. The first-order valence-electron chi connectivity index (χ1n) is 10.7. The number of hydrogen-bond acceptors (Lipinski definition) is 7. The molecule has 0 aliphatic heterocycles. The number of alkyl halides is 3. The predicted molar refractivity (Wildman–Crippen MR) is 132 cm³/mol. The van der Waals surface area contributed by atoms with Crippen molar-refractivity contribution in [2.45, 2.75) is 25.9 Å². The first-order chi connectivity index (χ1) is 17.6. The number of anilines is 1. The maximum absolute atomic E-state index is 13.7. The van der Waals surface area contributed by atoms with E-state index < -0.39 is 45.6 Å². The third-order valence-electron chi connectivity index (χ3n) is 5.68. The van der Waals surface area contributed by atoms with Crippen LogP contribution in [0.3, 0.4) is 0 Å². The van der Waals surface area contributed by atoms with Gasteiger partial charge in [0.15, 0.2) is 10.9 Å². The van der Waals surface area contributed by atoms with Gasteiger partial charge in [-0.25, -0.2) is 14.5 Å². The van der Waals surface area contributed by atoms with Crippen molar-refractivity contribution in [3.8, 4) is 5.75 Å². The number of aromatic nitrogens is 3. The third kappa shape index (κ3) is 4.67. The molecule has 198 valence electrons. The van der Waals surface area contributed by atoms with Crippen molar-refractivity contribution in [2.75, 3.05) is 5.32 Å². The molecule has 0 fully saturated rings. The fourth-order valence-corrected chi connectivity index (χ4v) is 4.36. The third-order valence-corrected chi connectivity index (χ3v) is 6.24. The molecule has 1 amide bonds. The van der Waals surface area contributed by atoms with Crippen LogP contribution in [0.5, 0.6) is 5.75 Å². The fraction of sp³-hybridized carbons (Fsp3) is 0.167. The second-order valence-electron chi connectivity index (χ2n) is 8.21. The lowest BCUT2D eigenvalue weighted by atomic mass is 10.0. The number of aromatic hydroxyl groups is 1. The lowest BCUT2D eigenvalue weighted by Gasteiger charge is -2.29. The molecule has 0 aliphatic carbocycles. The van der Waals surface area contributed by atoms with Gasteiger partial charge in [-0.1, -0.05) is 47.5 Å². The van der Waals surface area contributed by atoms with Crippen molar-refractivity contribution in [2.24, 2.45) is 0 Å². The highest BCUT2D eigenvalue weighted by Gasteiger charge is 2.42. The molecule has 14 heteroatoms. The number of nitrogens with one attached hydrogen (secondary N) is 1. The Morgan fingerprint density at radius 1 is 1.03 bits per heavy atom. The molecule has 0 spiro atoms. The van der Waals surface area contributed by atoms with Gasteiger partial charge in [0.25, 0.3) is 17.4 Å². The van der Waals surface area contributed by atoms with E-state index >= 15 is 0 Å². The highest BCUT2D eigenvalue weighted by atomic mass is 35.5. The summed E-state index contributed by atoms with van der Waals surface area (Å²) in [6.45, 7) is 2.81. The number of hydrogen-bond donors (Lipinski definition) is 4. The number of carbonyl (C=O) groups is 1. The van der Waals surface area contributed by atoms with Gasteiger partial charge in [-0.2, -0.15) is 13.2 Å². The highest BCUT2D eigenvalue weighted by molar-refractivity contribution is 6.36. The van der Waals surface area contributed by atoms with Crippen LogP contribution in [-0.2, 0) is 12.1 Å².